The molecule has 2 N–H and O–H groups in total. The topological polar surface area (TPSA) is 117 Å². The number of morpholine rings is 1. The predicted molar refractivity (Wildman–Crippen MR) is 84.9 cm³/mol. The Bertz CT molecular complexity index is 760. The Morgan fingerprint density at radius 1 is 1.42 bits per heavy atom. The van der Waals surface area contributed by atoms with Gasteiger partial charge in [0.25, 0.3) is 11.6 Å². The lowest BCUT2D eigenvalue weighted by Crippen LogP contribution is -2.48. The summed E-state index contributed by atoms with van der Waals surface area (Å²) in [4.78, 5) is 24.8. The van der Waals surface area contributed by atoms with Crippen LogP contribution < -0.4 is 5.73 Å². The third-order valence-corrected chi connectivity index (χ3v) is 3.82. The van der Waals surface area contributed by atoms with Crippen molar-refractivity contribution in [2.75, 3.05) is 26.2 Å². The summed E-state index contributed by atoms with van der Waals surface area (Å²) in [6.07, 6.45) is 1.36. The van der Waals surface area contributed by atoms with Gasteiger partial charge >= 0.3 is 0 Å². The van der Waals surface area contributed by atoms with Crippen molar-refractivity contribution in [3.8, 4) is 5.69 Å². The number of rotatable bonds is 4. The van der Waals surface area contributed by atoms with Crippen molar-refractivity contribution >= 4 is 11.6 Å². The van der Waals surface area contributed by atoms with E-state index in [-0.39, 0.29) is 23.4 Å². The van der Waals surface area contributed by atoms with Crippen LogP contribution in [0, 0.1) is 10.1 Å². The minimum Gasteiger partial charge on any atom is -0.373 e. The van der Waals surface area contributed by atoms with Gasteiger partial charge in [-0.2, -0.15) is 5.10 Å². The molecule has 1 atom stereocenters. The zero-order valence-corrected chi connectivity index (χ0v) is 12.9. The molecule has 126 valence electrons. The summed E-state index contributed by atoms with van der Waals surface area (Å²) in [7, 11) is 0. The summed E-state index contributed by atoms with van der Waals surface area (Å²) in [6.45, 7) is 1.65. The molecule has 1 aliphatic rings. The van der Waals surface area contributed by atoms with Crippen molar-refractivity contribution in [1.82, 2.24) is 14.7 Å². The van der Waals surface area contributed by atoms with E-state index in [4.69, 9.17) is 10.5 Å². The number of hydrogen-bond donors (Lipinski definition) is 1. The largest absolute Gasteiger partial charge is 0.373 e. The summed E-state index contributed by atoms with van der Waals surface area (Å²) in [5.41, 5.74) is 6.04. The SMILES string of the molecule is NCC1CN(C(=O)c2ccn(-c3ccccc3[N+](=O)[O-])n2)CCO1. The molecule has 9 nitrogen and oxygen atoms in total. The number of amides is 1. The van der Waals surface area contributed by atoms with Gasteiger partial charge in [-0.25, -0.2) is 4.68 Å². The Labute approximate surface area is 137 Å². The van der Waals surface area contributed by atoms with Gasteiger partial charge in [-0.15, -0.1) is 0 Å². The number of benzene rings is 1. The average Bonchev–Trinajstić information content (AvgIpc) is 3.11. The van der Waals surface area contributed by atoms with Crippen LogP contribution in [0.15, 0.2) is 36.5 Å². The summed E-state index contributed by atoms with van der Waals surface area (Å²) >= 11 is 0. The van der Waals surface area contributed by atoms with E-state index in [9.17, 15) is 14.9 Å². The second-order valence-corrected chi connectivity index (χ2v) is 5.37. The third kappa shape index (κ3) is 3.12. The summed E-state index contributed by atoms with van der Waals surface area (Å²) in [5, 5.41) is 15.3. The van der Waals surface area contributed by atoms with E-state index in [1.807, 2.05) is 0 Å². The van der Waals surface area contributed by atoms with Crippen molar-refractivity contribution in [2.45, 2.75) is 6.10 Å². The van der Waals surface area contributed by atoms with Crippen molar-refractivity contribution in [1.29, 1.82) is 0 Å². The molecule has 0 radical (unpaired) electrons. The van der Waals surface area contributed by atoms with Crippen LogP contribution in [0.2, 0.25) is 0 Å². The van der Waals surface area contributed by atoms with Crippen molar-refractivity contribution in [2.24, 2.45) is 5.73 Å². The lowest BCUT2D eigenvalue weighted by Gasteiger charge is -2.31. The number of carbonyl (C=O) groups is 1. The molecule has 9 heteroatoms. The van der Waals surface area contributed by atoms with Crippen molar-refractivity contribution in [3.05, 3.63) is 52.3 Å². The maximum Gasteiger partial charge on any atom is 0.294 e. The van der Waals surface area contributed by atoms with E-state index in [0.717, 1.165) is 0 Å². The predicted octanol–water partition coefficient (Wildman–Crippen LogP) is 0.580. The maximum absolute atomic E-state index is 12.5. The zero-order chi connectivity index (χ0) is 17.1. The molecule has 3 rings (SSSR count). The number of para-hydroxylation sites is 2. The van der Waals surface area contributed by atoms with E-state index < -0.39 is 4.92 Å². The summed E-state index contributed by atoms with van der Waals surface area (Å²) in [6, 6.07) is 7.79. The first-order valence-electron chi connectivity index (χ1n) is 7.50. The molecule has 1 unspecified atom stereocenters. The van der Waals surface area contributed by atoms with Crippen LogP contribution in [0.3, 0.4) is 0 Å². The van der Waals surface area contributed by atoms with Crippen LogP contribution in [0.5, 0.6) is 0 Å². The molecule has 1 amide bonds. The summed E-state index contributed by atoms with van der Waals surface area (Å²) in [5.74, 6) is -0.242. The second-order valence-electron chi connectivity index (χ2n) is 5.37. The maximum atomic E-state index is 12.5. The van der Waals surface area contributed by atoms with Gasteiger partial charge in [0.05, 0.1) is 17.6 Å². The van der Waals surface area contributed by atoms with Gasteiger partial charge < -0.3 is 15.4 Å². The number of ether oxygens (including phenoxy) is 1. The molecule has 0 bridgehead atoms. The van der Waals surface area contributed by atoms with Gasteiger partial charge in [0.15, 0.2) is 5.69 Å². The normalized spacial score (nSPS) is 17.7. The Morgan fingerprint density at radius 3 is 2.96 bits per heavy atom. The van der Waals surface area contributed by atoms with Gasteiger partial charge in [0, 0.05) is 31.9 Å². The van der Waals surface area contributed by atoms with Crippen molar-refractivity contribution in [3.63, 3.8) is 0 Å². The monoisotopic (exact) mass is 331 g/mol. The van der Waals surface area contributed by atoms with Crippen LogP contribution in [0.4, 0.5) is 5.69 Å². The zero-order valence-electron chi connectivity index (χ0n) is 12.9. The molecular formula is C15H17N5O4. The fourth-order valence-electron chi connectivity index (χ4n) is 2.59. The molecule has 24 heavy (non-hydrogen) atoms. The number of carbonyl (C=O) groups excluding carboxylic acids is 1. The van der Waals surface area contributed by atoms with E-state index in [2.05, 4.69) is 5.10 Å². The van der Waals surface area contributed by atoms with E-state index >= 15 is 0 Å². The minimum absolute atomic E-state index is 0.0748. The highest BCUT2D eigenvalue weighted by Crippen LogP contribution is 2.22. The highest BCUT2D eigenvalue weighted by Gasteiger charge is 2.26. The van der Waals surface area contributed by atoms with Gasteiger partial charge in [-0.3, -0.25) is 14.9 Å². The highest BCUT2D eigenvalue weighted by molar-refractivity contribution is 5.92. The lowest BCUT2D eigenvalue weighted by atomic mass is 10.2. The van der Waals surface area contributed by atoms with Crippen LogP contribution >= 0.6 is 0 Å². The Morgan fingerprint density at radius 2 is 2.21 bits per heavy atom. The molecule has 1 aliphatic heterocycles. The van der Waals surface area contributed by atoms with Gasteiger partial charge in [-0.05, 0) is 12.1 Å². The number of nitro benzene ring substituents is 1. The second kappa shape index (κ2) is 6.77. The molecule has 0 aliphatic carbocycles. The third-order valence-electron chi connectivity index (χ3n) is 3.82. The van der Waals surface area contributed by atoms with E-state index in [0.29, 0.717) is 31.9 Å². The Kier molecular flexibility index (Phi) is 4.54. The van der Waals surface area contributed by atoms with Gasteiger partial charge in [0.1, 0.15) is 5.69 Å². The molecule has 0 spiro atoms. The first kappa shape index (κ1) is 16.1. The lowest BCUT2D eigenvalue weighted by molar-refractivity contribution is -0.384. The first-order chi connectivity index (χ1) is 11.6. The summed E-state index contributed by atoms with van der Waals surface area (Å²) < 4.78 is 6.78. The molecular weight excluding hydrogens is 314 g/mol. The molecule has 1 saturated heterocycles. The van der Waals surface area contributed by atoms with E-state index in [1.165, 1.54) is 16.9 Å². The van der Waals surface area contributed by atoms with Gasteiger partial charge in [-0.1, -0.05) is 12.1 Å². The molecule has 2 aromatic rings. The minimum atomic E-state index is -0.480. The molecule has 1 fully saturated rings. The van der Waals surface area contributed by atoms with Crippen molar-refractivity contribution < 1.29 is 14.5 Å². The number of hydrogen-bond acceptors (Lipinski definition) is 6. The highest BCUT2D eigenvalue weighted by atomic mass is 16.6. The van der Waals surface area contributed by atoms with Crippen LogP contribution in [-0.4, -0.2) is 57.9 Å². The smallest absolute Gasteiger partial charge is 0.294 e. The number of nitrogens with two attached hydrogens (primary N) is 1. The van der Waals surface area contributed by atoms with E-state index in [1.54, 1.807) is 29.2 Å². The molecule has 1 aromatic carbocycles. The standard InChI is InChI=1S/C15H17N5O4/c16-9-11-10-18(7-8-24-11)15(21)12-5-6-19(17-12)13-3-1-2-4-14(13)20(22)23/h1-6,11H,7-10,16H2. The Balaban J connectivity index is 1.83. The molecule has 1 aromatic heterocycles. The number of nitrogens with zero attached hydrogens (tertiary/aromatic N) is 4. The van der Waals surface area contributed by atoms with Crippen LogP contribution in [0.1, 0.15) is 10.5 Å². The number of nitro groups is 1. The van der Waals surface area contributed by atoms with Gasteiger partial charge in [0.2, 0.25) is 0 Å². The number of aromatic nitrogens is 2. The van der Waals surface area contributed by atoms with Crippen LogP contribution in [0.25, 0.3) is 5.69 Å². The fourth-order valence-corrected chi connectivity index (χ4v) is 2.59. The molecule has 2 heterocycles. The molecule has 0 saturated carbocycles. The Hall–Kier alpha value is -2.78. The average molecular weight is 331 g/mol. The first-order valence-corrected chi connectivity index (χ1v) is 7.50. The van der Waals surface area contributed by atoms with Crippen LogP contribution in [-0.2, 0) is 4.74 Å². The fraction of sp³-hybridized carbons (Fsp3) is 0.333. The quantitative estimate of drug-likeness (QED) is 0.647.